The van der Waals surface area contributed by atoms with Crippen molar-refractivity contribution in [3.05, 3.63) is 84.0 Å². The number of hydrogen-bond acceptors (Lipinski definition) is 8. The lowest BCUT2D eigenvalue weighted by atomic mass is 9.95. The van der Waals surface area contributed by atoms with E-state index in [0.717, 1.165) is 16.9 Å². The number of methoxy groups -OCH3 is 1. The molecule has 1 aromatic heterocycles. The van der Waals surface area contributed by atoms with E-state index in [9.17, 15) is 9.59 Å². The number of carbonyl (C=O) groups is 1. The highest BCUT2D eigenvalue weighted by molar-refractivity contribution is 7.07. The molecular formula is C26H24N2O6S. The first-order chi connectivity index (χ1) is 16.9. The van der Waals surface area contributed by atoms with Crippen LogP contribution in [0.2, 0.25) is 0 Å². The van der Waals surface area contributed by atoms with Gasteiger partial charge in [0.15, 0.2) is 16.3 Å². The number of carbonyl (C=O) groups excluding carboxylic acids is 1. The monoisotopic (exact) mass is 492 g/mol. The Kier molecular flexibility index (Phi) is 5.94. The Morgan fingerprint density at radius 1 is 1.20 bits per heavy atom. The van der Waals surface area contributed by atoms with Gasteiger partial charge in [-0.3, -0.25) is 9.36 Å². The van der Waals surface area contributed by atoms with Crippen molar-refractivity contribution in [1.82, 2.24) is 4.57 Å². The average molecular weight is 493 g/mol. The molecule has 35 heavy (non-hydrogen) atoms. The first kappa shape index (κ1) is 22.9. The molecule has 3 aromatic rings. The zero-order chi connectivity index (χ0) is 24.7. The van der Waals surface area contributed by atoms with E-state index < -0.39 is 12.0 Å². The summed E-state index contributed by atoms with van der Waals surface area (Å²) in [4.78, 5) is 31.9. The maximum atomic E-state index is 13.7. The van der Waals surface area contributed by atoms with Gasteiger partial charge in [0.1, 0.15) is 5.75 Å². The fraction of sp³-hybridized carbons (Fsp3) is 0.269. The van der Waals surface area contributed by atoms with E-state index in [1.165, 1.54) is 11.3 Å². The topological polar surface area (TPSA) is 88.4 Å². The first-order valence-electron chi connectivity index (χ1n) is 11.1. The van der Waals surface area contributed by atoms with Crippen LogP contribution in [0.1, 0.15) is 36.6 Å². The van der Waals surface area contributed by atoms with E-state index in [4.69, 9.17) is 18.9 Å². The Hall–Kier alpha value is -3.85. The third-order valence-corrected chi connectivity index (χ3v) is 6.98. The molecule has 2 aliphatic rings. The van der Waals surface area contributed by atoms with Crippen molar-refractivity contribution < 1.29 is 23.7 Å². The molecule has 0 saturated carbocycles. The molecule has 0 spiro atoms. The van der Waals surface area contributed by atoms with Gasteiger partial charge in [-0.05, 0) is 67.8 Å². The summed E-state index contributed by atoms with van der Waals surface area (Å²) in [5.74, 6) is 1.43. The molecule has 2 aliphatic heterocycles. The molecule has 0 aliphatic carbocycles. The maximum absolute atomic E-state index is 13.7. The smallest absolute Gasteiger partial charge is 0.338 e. The van der Waals surface area contributed by atoms with Crippen molar-refractivity contribution in [3.8, 4) is 17.2 Å². The van der Waals surface area contributed by atoms with Gasteiger partial charge in [0.25, 0.3) is 5.56 Å². The Labute approximate surface area is 205 Å². The Morgan fingerprint density at radius 3 is 2.74 bits per heavy atom. The lowest BCUT2D eigenvalue weighted by Gasteiger charge is -2.24. The van der Waals surface area contributed by atoms with Crippen molar-refractivity contribution in [3.63, 3.8) is 0 Å². The minimum Gasteiger partial charge on any atom is -0.497 e. The molecule has 1 atom stereocenters. The molecule has 5 rings (SSSR count). The number of esters is 1. The molecule has 0 radical (unpaired) electrons. The fourth-order valence-electron chi connectivity index (χ4n) is 4.27. The lowest BCUT2D eigenvalue weighted by molar-refractivity contribution is -0.139. The van der Waals surface area contributed by atoms with Crippen molar-refractivity contribution in [1.29, 1.82) is 0 Å². The average Bonchev–Trinajstić information content (AvgIpc) is 3.43. The van der Waals surface area contributed by atoms with Gasteiger partial charge in [0.05, 0.1) is 35.6 Å². The van der Waals surface area contributed by atoms with Crippen LogP contribution in [0.4, 0.5) is 0 Å². The molecule has 0 fully saturated rings. The van der Waals surface area contributed by atoms with Crippen molar-refractivity contribution in [2.24, 2.45) is 4.99 Å². The summed E-state index contributed by atoms with van der Waals surface area (Å²) in [6.07, 6.45) is 1.85. The van der Waals surface area contributed by atoms with Crippen LogP contribution < -0.4 is 29.1 Å². The highest BCUT2D eigenvalue weighted by Crippen LogP contribution is 2.38. The molecule has 0 bridgehead atoms. The van der Waals surface area contributed by atoms with Gasteiger partial charge in [-0.2, -0.15) is 0 Å². The fourth-order valence-corrected chi connectivity index (χ4v) is 5.31. The molecule has 1 unspecified atom stereocenters. The number of rotatable bonds is 5. The number of aromatic nitrogens is 1. The van der Waals surface area contributed by atoms with Crippen LogP contribution in [-0.2, 0) is 9.53 Å². The molecule has 8 nitrogen and oxygen atoms in total. The van der Waals surface area contributed by atoms with Crippen LogP contribution in [0, 0.1) is 6.92 Å². The van der Waals surface area contributed by atoms with Gasteiger partial charge in [-0.15, -0.1) is 0 Å². The van der Waals surface area contributed by atoms with Gasteiger partial charge < -0.3 is 18.9 Å². The summed E-state index contributed by atoms with van der Waals surface area (Å²) in [6, 6.07) is 10.4. The third kappa shape index (κ3) is 4.01. The summed E-state index contributed by atoms with van der Waals surface area (Å²) in [5, 5.41) is 0. The van der Waals surface area contributed by atoms with Crippen LogP contribution in [0.25, 0.3) is 6.08 Å². The Morgan fingerprint density at radius 2 is 2.00 bits per heavy atom. The number of fused-ring (bicyclic) bond motifs is 2. The predicted octanol–water partition coefficient (Wildman–Crippen LogP) is 2.84. The van der Waals surface area contributed by atoms with Crippen molar-refractivity contribution in [2.45, 2.75) is 26.8 Å². The number of ether oxygens (including phenoxy) is 4. The van der Waals surface area contributed by atoms with E-state index >= 15 is 0 Å². The molecule has 3 heterocycles. The van der Waals surface area contributed by atoms with Crippen LogP contribution >= 0.6 is 11.3 Å². The van der Waals surface area contributed by atoms with Crippen molar-refractivity contribution in [2.75, 3.05) is 20.5 Å². The highest BCUT2D eigenvalue weighted by atomic mass is 32.1. The number of allylic oxidation sites excluding steroid dienone is 1. The second-order valence-corrected chi connectivity index (χ2v) is 9.15. The number of nitrogens with zero attached hydrogens (tertiary/aromatic N) is 2. The molecule has 0 N–H and O–H groups in total. The van der Waals surface area contributed by atoms with Gasteiger partial charge in [0.2, 0.25) is 6.79 Å². The lowest BCUT2D eigenvalue weighted by Crippen LogP contribution is -2.39. The minimum atomic E-state index is -0.709. The molecule has 9 heteroatoms. The standard InChI is InChI=1S/C26H24N2O6S/c1-5-32-25(30)22-15(3)27-26-28(23(22)17-7-9-19-20(11-17)34-13-33-19)24(29)21(35-26)12-16-6-8-18(31-4)10-14(16)2/h6-12,23H,5,13H2,1-4H3. The third-order valence-electron chi connectivity index (χ3n) is 5.99. The molecular weight excluding hydrogens is 468 g/mol. The van der Waals surface area contributed by atoms with E-state index in [-0.39, 0.29) is 19.0 Å². The van der Waals surface area contributed by atoms with E-state index in [1.807, 2.05) is 37.3 Å². The zero-order valence-corrected chi connectivity index (χ0v) is 20.6. The van der Waals surface area contributed by atoms with Gasteiger partial charge in [-0.25, -0.2) is 9.79 Å². The summed E-state index contributed by atoms with van der Waals surface area (Å²) in [6.45, 7) is 5.81. The Bertz CT molecular complexity index is 1550. The van der Waals surface area contributed by atoms with Gasteiger partial charge in [0, 0.05) is 0 Å². The number of thiazole rings is 1. The maximum Gasteiger partial charge on any atom is 0.338 e. The van der Waals surface area contributed by atoms with Gasteiger partial charge >= 0.3 is 5.97 Å². The quantitative estimate of drug-likeness (QED) is 0.509. The highest BCUT2D eigenvalue weighted by Gasteiger charge is 2.34. The van der Waals surface area contributed by atoms with E-state index in [0.29, 0.717) is 37.7 Å². The van der Waals surface area contributed by atoms with Crippen LogP contribution in [0.5, 0.6) is 17.2 Å². The molecule has 0 amide bonds. The van der Waals surface area contributed by atoms with E-state index in [1.54, 1.807) is 37.7 Å². The molecule has 2 aromatic carbocycles. The number of hydrogen-bond donors (Lipinski definition) is 0. The first-order valence-corrected chi connectivity index (χ1v) is 12.0. The van der Waals surface area contributed by atoms with E-state index in [2.05, 4.69) is 4.99 Å². The molecule has 0 saturated heterocycles. The minimum absolute atomic E-state index is 0.127. The number of benzene rings is 2. The summed E-state index contributed by atoms with van der Waals surface area (Å²) >= 11 is 1.28. The molecule has 180 valence electrons. The zero-order valence-electron chi connectivity index (χ0n) is 19.8. The summed E-state index contributed by atoms with van der Waals surface area (Å²) in [7, 11) is 1.62. The largest absolute Gasteiger partial charge is 0.497 e. The summed E-state index contributed by atoms with van der Waals surface area (Å²) < 4.78 is 23.7. The normalized spacial score (nSPS) is 16.7. The number of aryl methyl sites for hydroxylation is 1. The summed E-state index contributed by atoms with van der Waals surface area (Å²) in [5.41, 5.74) is 3.19. The van der Waals surface area contributed by atoms with Crippen LogP contribution in [-0.4, -0.2) is 31.0 Å². The van der Waals surface area contributed by atoms with Crippen molar-refractivity contribution >= 4 is 23.4 Å². The second kappa shape index (κ2) is 9.07. The SMILES string of the molecule is CCOC(=O)C1=C(C)N=c2sc(=Cc3ccc(OC)cc3C)c(=O)n2C1c1ccc2c(c1)OCO2. The van der Waals surface area contributed by atoms with Gasteiger partial charge in [-0.1, -0.05) is 23.5 Å². The second-order valence-electron chi connectivity index (χ2n) is 8.14. The van der Waals surface area contributed by atoms with Crippen LogP contribution in [0.15, 0.2) is 57.5 Å². The Balaban J connectivity index is 1.71. The predicted molar refractivity (Wildman–Crippen MR) is 131 cm³/mol. The van der Waals surface area contributed by atoms with Crippen LogP contribution in [0.3, 0.4) is 0 Å².